The molecule has 1 N–H and O–H groups in total. The monoisotopic (exact) mass is 282 g/mol. The Morgan fingerprint density at radius 1 is 1.47 bits per heavy atom. The van der Waals surface area contributed by atoms with Crippen molar-refractivity contribution in [1.29, 1.82) is 0 Å². The molecule has 98 valence electrons. The fourth-order valence-corrected chi connectivity index (χ4v) is 1.61. The van der Waals surface area contributed by atoms with Gasteiger partial charge in [0.2, 0.25) is 11.1 Å². The molecule has 2 rings (SSSR count). The number of rotatable bonds is 3. The molecule has 0 aliphatic rings. The zero-order valence-electron chi connectivity index (χ0n) is 9.72. The molecule has 1 heterocycles. The summed E-state index contributed by atoms with van der Waals surface area (Å²) >= 11 is 5.61. The van der Waals surface area contributed by atoms with Crippen LogP contribution in [0.1, 0.15) is 5.56 Å². The van der Waals surface area contributed by atoms with Gasteiger partial charge in [0.05, 0.1) is 4.92 Å². The van der Waals surface area contributed by atoms with Crippen LogP contribution < -0.4 is 5.32 Å². The van der Waals surface area contributed by atoms with Gasteiger partial charge in [0.15, 0.2) is 0 Å². The summed E-state index contributed by atoms with van der Waals surface area (Å²) in [4.78, 5) is 17.5. The summed E-state index contributed by atoms with van der Waals surface area (Å²) in [5, 5.41) is 13.5. The van der Waals surface area contributed by atoms with E-state index in [2.05, 4.69) is 15.3 Å². The summed E-state index contributed by atoms with van der Waals surface area (Å²) < 4.78 is 13.0. The number of hydrogen-bond acceptors (Lipinski definition) is 5. The molecule has 0 radical (unpaired) electrons. The van der Waals surface area contributed by atoms with Gasteiger partial charge in [0.25, 0.3) is 0 Å². The average Bonchev–Trinajstić information content (AvgIpc) is 2.32. The minimum absolute atomic E-state index is 0.0419. The Labute approximate surface area is 112 Å². The summed E-state index contributed by atoms with van der Waals surface area (Å²) in [5.41, 5.74) is 0.774. The molecular formula is C11H8ClFN4O2. The highest BCUT2D eigenvalue weighted by atomic mass is 35.5. The zero-order chi connectivity index (χ0) is 14.0. The first-order chi connectivity index (χ1) is 8.97. The van der Waals surface area contributed by atoms with Crippen molar-refractivity contribution in [3.63, 3.8) is 0 Å². The second-order valence-corrected chi connectivity index (χ2v) is 4.05. The number of halogens is 2. The lowest BCUT2D eigenvalue weighted by atomic mass is 10.2. The maximum Gasteiger partial charge on any atom is 0.329 e. The molecule has 19 heavy (non-hydrogen) atoms. The summed E-state index contributed by atoms with van der Waals surface area (Å²) in [7, 11) is 0. The van der Waals surface area contributed by atoms with Crippen molar-refractivity contribution in [3.8, 4) is 0 Å². The van der Waals surface area contributed by atoms with Crippen LogP contribution in [-0.2, 0) is 0 Å². The van der Waals surface area contributed by atoms with Gasteiger partial charge in [-0.3, -0.25) is 10.1 Å². The topological polar surface area (TPSA) is 81.0 Å². The van der Waals surface area contributed by atoms with E-state index in [1.807, 2.05) is 0 Å². The number of nitro groups is 1. The van der Waals surface area contributed by atoms with Gasteiger partial charge < -0.3 is 5.32 Å². The maximum absolute atomic E-state index is 13.0. The van der Waals surface area contributed by atoms with E-state index in [9.17, 15) is 14.5 Å². The van der Waals surface area contributed by atoms with Crippen LogP contribution >= 0.6 is 11.6 Å². The minimum atomic E-state index is -0.627. The first kappa shape index (κ1) is 13.2. The van der Waals surface area contributed by atoms with Crippen LogP contribution in [0.5, 0.6) is 0 Å². The summed E-state index contributed by atoms with van der Waals surface area (Å²) in [6, 6.07) is 4.01. The molecule has 0 atom stereocenters. The molecule has 0 unspecified atom stereocenters. The molecule has 0 aliphatic heterocycles. The van der Waals surface area contributed by atoms with Gasteiger partial charge in [0, 0.05) is 5.69 Å². The van der Waals surface area contributed by atoms with Crippen LogP contribution in [0.3, 0.4) is 0 Å². The van der Waals surface area contributed by atoms with Crippen molar-refractivity contribution in [3.05, 3.63) is 51.2 Å². The second kappa shape index (κ2) is 5.15. The second-order valence-electron chi connectivity index (χ2n) is 3.71. The Hall–Kier alpha value is -2.28. The Kier molecular flexibility index (Phi) is 3.57. The largest absolute Gasteiger partial charge is 0.334 e. The fourth-order valence-electron chi connectivity index (χ4n) is 1.47. The molecule has 0 spiro atoms. The van der Waals surface area contributed by atoms with Crippen molar-refractivity contribution in [2.75, 3.05) is 5.32 Å². The SMILES string of the molecule is Cc1cc(F)ccc1Nc1nc(Cl)ncc1[N+](=O)[O-]. The highest BCUT2D eigenvalue weighted by molar-refractivity contribution is 6.28. The standard InChI is InChI=1S/C11H8ClFN4O2/c1-6-4-7(13)2-3-8(6)15-10-9(17(18)19)5-14-11(12)16-10/h2-5H,1H3,(H,14,15,16). The van der Waals surface area contributed by atoms with Crippen LogP contribution in [0.15, 0.2) is 24.4 Å². The van der Waals surface area contributed by atoms with E-state index in [0.29, 0.717) is 11.3 Å². The molecule has 0 aliphatic carbocycles. The van der Waals surface area contributed by atoms with E-state index < -0.39 is 10.7 Å². The fraction of sp³-hybridized carbons (Fsp3) is 0.0909. The van der Waals surface area contributed by atoms with Gasteiger partial charge in [-0.15, -0.1) is 0 Å². The van der Waals surface area contributed by atoms with Crippen LogP contribution in [-0.4, -0.2) is 14.9 Å². The number of aryl methyl sites for hydroxylation is 1. The van der Waals surface area contributed by atoms with Crippen molar-refractivity contribution in [2.45, 2.75) is 6.92 Å². The molecule has 1 aromatic carbocycles. The predicted octanol–water partition coefficient (Wildman–Crippen LogP) is 3.23. The Bertz CT molecular complexity index is 651. The lowest BCUT2D eigenvalue weighted by Gasteiger charge is -2.08. The summed E-state index contributed by atoms with van der Waals surface area (Å²) in [6.45, 7) is 1.67. The van der Waals surface area contributed by atoms with E-state index >= 15 is 0 Å². The molecular weight excluding hydrogens is 275 g/mol. The third kappa shape index (κ3) is 2.94. The molecule has 0 saturated heterocycles. The zero-order valence-corrected chi connectivity index (χ0v) is 10.5. The van der Waals surface area contributed by atoms with Gasteiger partial charge >= 0.3 is 5.69 Å². The van der Waals surface area contributed by atoms with Gasteiger partial charge in [-0.1, -0.05) is 0 Å². The third-order valence-electron chi connectivity index (χ3n) is 2.38. The summed E-state index contributed by atoms with van der Waals surface area (Å²) in [5.74, 6) is -0.432. The van der Waals surface area contributed by atoms with Gasteiger partial charge in [-0.05, 0) is 42.3 Å². The number of nitrogens with one attached hydrogen (secondary N) is 1. The molecule has 1 aromatic heterocycles. The Morgan fingerprint density at radius 3 is 2.84 bits per heavy atom. The molecule has 8 heteroatoms. The first-order valence-corrected chi connectivity index (χ1v) is 5.55. The lowest BCUT2D eigenvalue weighted by molar-refractivity contribution is -0.384. The smallest absolute Gasteiger partial charge is 0.329 e. The number of nitrogens with zero attached hydrogens (tertiary/aromatic N) is 3. The first-order valence-electron chi connectivity index (χ1n) is 5.17. The highest BCUT2D eigenvalue weighted by Crippen LogP contribution is 2.27. The minimum Gasteiger partial charge on any atom is -0.334 e. The van der Waals surface area contributed by atoms with Crippen LogP contribution in [0.25, 0.3) is 0 Å². The molecule has 0 fully saturated rings. The Balaban J connectivity index is 2.42. The van der Waals surface area contributed by atoms with Crippen molar-refractivity contribution >= 4 is 28.8 Å². The van der Waals surface area contributed by atoms with E-state index in [1.54, 1.807) is 6.92 Å². The average molecular weight is 283 g/mol. The number of hydrogen-bond donors (Lipinski definition) is 1. The van der Waals surface area contributed by atoms with E-state index in [-0.39, 0.29) is 16.8 Å². The van der Waals surface area contributed by atoms with Crippen LogP contribution in [0, 0.1) is 22.9 Å². The number of benzene rings is 1. The predicted molar refractivity (Wildman–Crippen MR) is 68.1 cm³/mol. The van der Waals surface area contributed by atoms with Crippen LogP contribution in [0.4, 0.5) is 21.6 Å². The molecule has 0 bridgehead atoms. The normalized spacial score (nSPS) is 10.3. The maximum atomic E-state index is 13.0. The highest BCUT2D eigenvalue weighted by Gasteiger charge is 2.17. The van der Waals surface area contributed by atoms with E-state index in [0.717, 1.165) is 6.20 Å². The third-order valence-corrected chi connectivity index (χ3v) is 2.56. The van der Waals surface area contributed by atoms with Crippen molar-refractivity contribution in [2.24, 2.45) is 0 Å². The van der Waals surface area contributed by atoms with E-state index in [1.165, 1.54) is 18.2 Å². The van der Waals surface area contributed by atoms with Crippen LogP contribution in [0.2, 0.25) is 5.28 Å². The molecule has 0 saturated carbocycles. The van der Waals surface area contributed by atoms with Gasteiger partial charge in [0.1, 0.15) is 12.0 Å². The summed E-state index contributed by atoms with van der Waals surface area (Å²) in [6.07, 6.45) is 1.01. The van der Waals surface area contributed by atoms with Gasteiger partial charge in [-0.25, -0.2) is 9.37 Å². The van der Waals surface area contributed by atoms with Crippen molar-refractivity contribution in [1.82, 2.24) is 9.97 Å². The van der Waals surface area contributed by atoms with E-state index in [4.69, 9.17) is 11.6 Å². The molecule has 0 amide bonds. The number of aromatic nitrogens is 2. The van der Waals surface area contributed by atoms with Gasteiger partial charge in [-0.2, -0.15) is 4.98 Å². The molecule has 2 aromatic rings. The van der Waals surface area contributed by atoms with Crippen molar-refractivity contribution < 1.29 is 9.31 Å². The molecule has 6 nitrogen and oxygen atoms in total. The quantitative estimate of drug-likeness (QED) is 0.531. The Morgan fingerprint density at radius 2 is 2.21 bits per heavy atom. The number of anilines is 2. The lowest BCUT2D eigenvalue weighted by Crippen LogP contribution is -2.02.